The number of anilines is 2. The highest BCUT2D eigenvalue weighted by Gasteiger charge is 2.17. The number of rotatable bonds is 6. The van der Waals surface area contributed by atoms with E-state index >= 15 is 0 Å². The van der Waals surface area contributed by atoms with Gasteiger partial charge in [0.05, 0.1) is 0 Å². The number of aromatic hydroxyl groups is 1. The van der Waals surface area contributed by atoms with E-state index in [4.69, 9.17) is 4.74 Å². The first-order valence-electron chi connectivity index (χ1n) is 9.81. The summed E-state index contributed by atoms with van der Waals surface area (Å²) in [6, 6.07) is 12.4. The first-order chi connectivity index (χ1) is 14.0. The minimum absolute atomic E-state index is 0.0466. The van der Waals surface area contributed by atoms with Gasteiger partial charge in [-0.15, -0.1) is 0 Å². The van der Waals surface area contributed by atoms with E-state index in [0.29, 0.717) is 11.3 Å². The third-order valence-electron chi connectivity index (χ3n) is 5.13. The molecule has 1 aliphatic rings. The van der Waals surface area contributed by atoms with Crippen molar-refractivity contribution in [2.75, 3.05) is 49.5 Å². The summed E-state index contributed by atoms with van der Waals surface area (Å²) in [4.78, 5) is 28.9. The molecule has 0 unspecified atom stereocenters. The highest BCUT2D eigenvalue weighted by Crippen LogP contribution is 2.22. The number of benzene rings is 2. The molecule has 1 aliphatic heterocycles. The van der Waals surface area contributed by atoms with Crippen molar-refractivity contribution >= 4 is 23.3 Å². The topological polar surface area (TPSA) is 82.1 Å². The van der Waals surface area contributed by atoms with Crippen LogP contribution in [0.5, 0.6) is 5.75 Å². The van der Waals surface area contributed by atoms with E-state index in [-0.39, 0.29) is 11.3 Å². The fourth-order valence-corrected chi connectivity index (χ4v) is 3.31. The molecule has 1 heterocycles. The van der Waals surface area contributed by atoms with Crippen LogP contribution in [-0.4, -0.2) is 61.2 Å². The molecule has 2 aromatic rings. The smallest absolute Gasteiger partial charge is 0.342 e. The minimum Gasteiger partial charge on any atom is -0.507 e. The third kappa shape index (κ3) is 5.26. The molecule has 154 valence electrons. The first-order valence-corrected chi connectivity index (χ1v) is 9.81. The SMILES string of the molecule is CCN1CCN(c2ccc(NC(=O)COC(=O)c3cccc(C)c3O)cc2)CC1. The van der Waals surface area contributed by atoms with Crippen LogP contribution in [0, 0.1) is 6.92 Å². The van der Waals surface area contributed by atoms with Crippen molar-refractivity contribution in [2.45, 2.75) is 13.8 Å². The number of nitrogens with zero attached hydrogens (tertiary/aromatic N) is 2. The molecular formula is C22H27N3O4. The van der Waals surface area contributed by atoms with Gasteiger partial charge in [-0.1, -0.05) is 19.1 Å². The second kappa shape index (κ2) is 9.43. The van der Waals surface area contributed by atoms with Gasteiger partial charge in [0.1, 0.15) is 11.3 Å². The molecule has 0 radical (unpaired) electrons. The normalized spacial score (nSPS) is 14.5. The van der Waals surface area contributed by atoms with Crippen LogP contribution < -0.4 is 10.2 Å². The molecule has 0 saturated carbocycles. The number of phenolic OH excluding ortho intramolecular Hbond substituents is 1. The van der Waals surface area contributed by atoms with Crippen LogP contribution in [0.3, 0.4) is 0 Å². The molecule has 0 aliphatic carbocycles. The van der Waals surface area contributed by atoms with Gasteiger partial charge in [-0.2, -0.15) is 0 Å². The van der Waals surface area contributed by atoms with E-state index in [2.05, 4.69) is 22.0 Å². The number of phenols is 1. The van der Waals surface area contributed by atoms with Gasteiger partial charge < -0.3 is 25.0 Å². The van der Waals surface area contributed by atoms with E-state index in [9.17, 15) is 14.7 Å². The Labute approximate surface area is 170 Å². The molecule has 1 fully saturated rings. The van der Waals surface area contributed by atoms with E-state index in [1.54, 1.807) is 19.1 Å². The summed E-state index contributed by atoms with van der Waals surface area (Å²) in [5, 5.41) is 12.6. The Morgan fingerprint density at radius 1 is 1.07 bits per heavy atom. The van der Waals surface area contributed by atoms with Crippen molar-refractivity contribution in [1.29, 1.82) is 0 Å². The second-order valence-corrected chi connectivity index (χ2v) is 7.06. The Morgan fingerprint density at radius 3 is 2.41 bits per heavy atom. The van der Waals surface area contributed by atoms with Gasteiger partial charge in [-0.05, 0) is 49.4 Å². The number of nitrogens with one attached hydrogen (secondary N) is 1. The summed E-state index contributed by atoms with van der Waals surface area (Å²) in [5.41, 5.74) is 2.38. The first kappa shape index (κ1) is 20.7. The zero-order valence-corrected chi connectivity index (χ0v) is 16.9. The molecule has 0 bridgehead atoms. The predicted molar refractivity (Wildman–Crippen MR) is 113 cm³/mol. The molecule has 3 rings (SSSR count). The molecule has 2 N–H and O–H groups in total. The maximum absolute atomic E-state index is 12.1. The van der Waals surface area contributed by atoms with Crippen molar-refractivity contribution in [3.05, 3.63) is 53.6 Å². The number of hydrogen-bond acceptors (Lipinski definition) is 6. The largest absolute Gasteiger partial charge is 0.507 e. The maximum atomic E-state index is 12.1. The third-order valence-corrected chi connectivity index (χ3v) is 5.13. The van der Waals surface area contributed by atoms with Crippen molar-refractivity contribution in [1.82, 2.24) is 4.90 Å². The average Bonchev–Trinajstić information content (AvgIpc) is 2.74. The van der Waals surface area contributed by atoms with Crippen LogP contribution in [-0.2, 0) is 9.53 Å². The second-order valence-electron chi connectivity index (χ2n) is 7.06. The molecule has 0 aromatic heterocycles. The van der Waals surface area contributed by atoms with E-state index < -0.39 is 18.5 Å². The highest BCUT2D eigenvalue weighted by atomic mass is 16.5. The number of hydrogen-bond donors (Lipinski definition) is 2. The zero-order chi connectivity index (χ0) is 20.8. The number of carbonyl (C=O) groups is 2. The zero-order valence-electron chi connectivity index (χ0n) is 16.9. The van der Waals surface area contributed by atoms with Gasteiger partial charge in [0, 0.05) is 37.6 Å². The Balaban J connectivity index is 1.49. The van der Waals surface area contributed by atoms with Crippen molar-refractivity contribution in [3.8, 4) is 5.75 Å². The molecule has 29 heavy (non-hydrogen) atoms. The van der Waals surface area contributed by atoms with E-state index in [1.165, 1.54) is 6.07 Å². The Bertz CT molecular complexity index is 859. The summed E-state index contributed by atoms with van der Waals surface area (Å²) < 4.78 is 5.01. The summed E-state index contributed by atoms with van der Waals surface area (Å²) in [7, 11) is 0. The summed E-state index contributed by atoms with van der Waals surface area (Å²) in [6.07, 6.45) is 0. The lowest BCUT2D eigenvalue weighted by atomic mass is 10.1. The van der Waals surface area contributed by atoms with Gasteiger partial charge in [-0.3, -0.25) is 4.79 Å². The molecule has 7 heteroatoms. The quantitative estimate of drug-likeness (QED) is 0.730. The number of esters is 1. The Hall–Kier alpha value is -3.06. The van der Waals surface area contributed by atoms with Gasteiger partial charge in [-0.25, -0.2) is 4.79 Å². The van der Waals surface area contributed by atoms with Crippen LogP contribution >= 0.6 is 0 Å². The number of piperazine rings is 1. The van der Waals surface area contributed by atoms with Crippen LogP contribution in [0.4, 0.5) is 11.4 Å². The molecule has 7 nitrogen and oxygen atoms in total. The lowest BCUT2D eigenvalue weighted by Crippen LogP contribution is -2.46. The average molecular weight is 397 g/mol. The number of likely N-dealkylation sites (N-methyl/N-ethyl adjacent to an activating group) is 1. The van der Waals surface area contributed by atoms with Gasteiger partial charge >= 0.3 is 5.97 Å². The Morgan fingerprint density at radius 2 is 1.76 bits per heavy atom. The lowest BCUT2D eigenvalue weighted by Gasteiger charge is -2.35. The molecule has 1 amide bonds. The summed E-state index contributed by atoms with van der Waals surface area (Å²) in [5.74, 6) is -1.30. The van der Waals surface area contributed by atoms with E-state index in [0.717, 1.165) is 38.4 Å². The van der Waals surface area contributed by atoms with Gasteiger partial charge in [0.15, 0.2) is 6.61 Å². The van der Waals surface area contributed by atoms with Crippen molar-refractivity contribution in [3.63, 3.8) is 0 Å². The molecule has 1 saturated heterocycles. The number of ether oxygens (including phenoxy) is 1. The van der Waals surface area contributed by atoms with Crippen LogP contribution in [0.25, 0.3) is 0 Å². The molecular weight excluding hydrogens is 370 g/mol. The number of aryl methyl sites for hydroxylation is 1. The summed E-state index contributed by atoms with van der Waals surface area (Å²) in [6.45, 7) is 8.59. The monoisotopic (exact) mass is 397 g/mol. The fourth-order valence-electron chi connectivity index (χ4n) is 3.31. The lowest BCUT2D eigenvalue weighted by molar-refractivity contribution is -0.119. The standard InChI is InChI=1S/C22H27N3O4/c1-3-24-11-13-25(14-12-24)18-9-7-17(8-10-18)23-20(26)15-29-22(28)19-6-4-5-16(2)21(19)27/h4-10,27H,3,11-15H2,1-2H3,(H,23,26). The molecule has 0 spiro atoms. The van der Waals surface area contributed by atoms with Crippen LogP contribution in [0.2, 0.25) is 0 Å². The number of para-hydroxylation sites is 1. The molecule has 2 aromatic carbocycles. The van der Waals surface area contributed by atoms with Gasteiger partial charge in [0.25, 0.3) is 5.91 Å². The maximum Gasteiger partial charge on any atom is 0.342 e. The van der Waals surface area contributed by atoms with Crippen molar-refractivity contribution < 1.29 is 19.4 Å². The molecule has 0 atom stereocenters. The van der Waals surface area contributed by atoms with Crippen molar-refractivity contribution in [2.24, 2.45) is 0 Å². The predicted octanol–water partition coefficient (Wildman–Crippen LogP) is 2.64. The summed E-state index contributed by atoms with van der Waals surface area (Å²) >= 11 is 0. The van der Waals surface area contributed by atoms with E-state index in [1.807, 2.05) is 24.3 Å². The van der Waals surface area contributed by atoms with Crippen LogP contribution in [0.1, 0.15) is 22.8 Å². The van der Waals surface area contributed by atoms with Crippen LogP contribution in [0.15, 0.2) is 42.5 Å². The minimum atomic E-state index is -0.733. The Kier molecular flexibility index (Phi) is 6.72. The number of carbonyl (C=O) groups excluding carboxylic acids is 2. The number of amides is 1. The fraction of sp³-hybridized carbons (Fsp3) is 0.364. The highest BCUT2D eigenvalue weighted by molar-refractivity contribution is 5.97. The van der Waals surface area contributed by atoms with Gasteiger partial charge in [0.2, 0.25) is 0 Å².